The van der Waals surface area contributed by atoms with Crippen molar-refractivity contribution in [2.45, 2.75) is 44.7 Å². The topological polar surface area (TPSA) is 72.7 Å². The summed E-state index contributed by atoms with van der Waals surface area (Å²) >= 11 is 4.66. The third-order valence-corrected chi connectivity index (χ3v) is 8.89. The van der Waals surface area contributed by atoms with Gasteiger partial charge in [-0.05, 0) is 62.3 Å². The standard InChI is InChI=1S/C24H25N5OS3/c1-14-8-9-16(10-15(14)2)19-12-32-23(25-19)26-21(30)13-33-24-28-27-22(29(24)3)18-11-31-20-7-5-4-6-17(18)20/h8-12H,4-7,13H2,1-3H3,(H,25,26,30). The van der Waals surface area contributed by atoms with Crippen molar-refractivity contribution in [1.82, 2.24) is 19.7 Å². The van der Waals surface area contributed by atoms with Crippen LogP contribution in [0.5, 0.6) is 0 Å². The zero-order valence-corrected chi connectivity index (χ0v) is 21.3. The summed E-state index contributed by atoms with van der Waals surface area (Å²) in [6.45, 7) is 4.19. The van der Waals surface area contributed by atoms with Crippen molar-refractivity contribution in [1.29, 1.82) is 0 Å². The molecule has 0 atom stereocenters. The molecule has 6 nitrogen and oxygen atoms in total. The van der Waals surface area contributed by atoms with Crippen molar-refractivity contribution >= 4 is 45.5 Å². The van der Waals surface area contributed by atoms with E-state index in [0.29, 0.717) is 5.13 Å². The number of aryl methyl sites for hydroxylation is 3. The number of amides is 1. The smallest absolute Gasteiger partial charge is 0.236 e. The van der Waals surface area contributed by atoms with Crippen LogP contribution in [0.3, 0.4) is 0 Å². The van der Waals surface area contributed by atoms with E-state index in [-0.39, 0.29) is 11.7 Å². The maximum Gasteiger partial charge on any atom is 0.236 e. The van der Waals surface area contributed by atoms with E-state index in [1.807, 2.05) is 28.3 Å². The Kier molecular flexibility index (Phi) is 6.36. The third-order valence-electron chi connectivity index (χ3n) is 6.02. The van der Waals surface area contributed by atoms with Crippen molar-refractivity contribution in [2.24, 2.45) is 7.05 Å². The molecular weight excluding hydrogens is 470 g/mol. The van der Waals surface area contributed by atoms with E-state index in [9.17, 15) is 4.79 Å². The lowest BCUT2D eigenvalue weighted by atomic mass is 9.96. The van der Waals surface area contributed by atoms with Crippen molar-refractivity contribution < 1.29 is 4.79 Å². The first-order chi connectivity index (χ1) is 16.0. The highest BCUT2D eigenvalue weighted by Crippen LogP contribution is 2.36. The molecule has 9 heteroatoms. The van der Waals surface area contributed by atoms with Crippen LogP contribution in [-0.4, -0.2) is 31.4 Å². The highest BCUT2D eigenvalue weighted by atomic mass is 32.2. The molecule has 4 aromatic rings. The number of nitrogens with zero attached hydrogens (tertiary/aromatic N) is 4. The molecule has 1 amide bonds. The maximum atomic E-state index is 12.5. The number of thioether (sulfide) groups is 1. The number of carbonyl (C=O) groups excluding carboxylic acids is 1. The van der Waals surface area contributed by atoms with Crippen LogP contribution in [-0.2, 0) is 24.7 Å². The number of hydrogen-bond donors (Lipinski definition) is 1. The Morgan fingerprint density at radius 1 is 1.12 bits per heavy atom. The van der Waals surface area contributed by atoms with Crippen LogP contribution in [0, 0.1) is 13.8 Å². The lowest BCUT2D eigenvalue weighted by Crippen LogP contribution is -2.14. The minimum absolute atomic E-state index is 0.0987. The van der Waals surface area contributed by atoms with E-state index in [0.717, 1.165) is 28.7 Å². The number of fused-ring (bicyclic) bond motifs is 1. The van der Waals surface area contributed by atoms with Gasteiger partial charge in [0.2, 0.25) is 5.91 Å². The van der Waals surface area contributed by atoms with Gasteiger partial charge in [-0.2, -0.15) is 0 Å². The molecular formula is C24H25N5OS3. The summed E-state index contributed by atoms with van der Waals surface area (Å²) in [5, 5.41) is 17.2. The molecule has 0 saturated carbocycles. The van der Waals surface area contributed by atoms with Crippen LogP contribution in [0.2, 0.25) is 0 Å². The van der Waals surface area contributed by atoms with Gasteiger partial charge in [0.25, 0.3) is 0 Å². The number of thiazole rings is 1. The monoisotopic (exact) mass is 495 g/mol. The van der Waals surface area contributed by atoms with Crippen LogP contribution >= 0.6 is 34.4 Å². The number of aromatic nitrogens is 4. The van der Waals surface area contributed by atoms with Gasteiger partial charge in [-0.15, -0.1) is 32.9 Å². The first-order valence-electron chi connectivity index (χ1n) is 10.9. The summed E-state index contributed by atoms with van der Waals surface area (Å²) in [5.41, 5.74) is 7.05. The Hall–Kier alpha value is -2.49. The van der Waals surface area contributed by atoms with Crippen LogP contribution in [0.4, 0.5) is 5.13 Å². The summed E-state index contributed by atoms with van der Waals surface area (Å²) < 4.78 is 2.00. The van der Waals surface area contributed by atoms with Crippen molar-refractivity contribution in [3.05, 3.63) is 50.5 Å². The van der Waals surface area contributed by atoms with Crippen LogP contribution in [0.25, 0.3) is 22.6 Å². The molecule has 170 valence electrons. The molecule has 33 heavy (non-hydrogen) atoms. The van der Waals surface area contributed by atoms with Crippen molar-refractivity contribution in [3.63, 3.8) is 0 Å². The van der Waals surface area contributed by atoms with Gasteiger partial charge < -0.3 is 9.88 Å². The number of anilines is 1. The number of rotatable bonds is 6. The molecule has 0 bridgehead atoms. The summed E-state index contributed by atoms with van der Waals surface area (Å²) in [6.07, 6.45) is 4.79. The molecule has 0 radical (unpaired) electrons. The van der Waals surface area contributed by atoms with Crippen LogP contribution < -0.4 is 5.32 Å². The van der Waals surface area contributed by atoms with Gasteiger partial charge in [-0.3, -0.25) is 4.79 Å². The molecule has 3 aromatic heterocycles. The average molecular weight is 496 g/mol. The fourth-order valence-electron chi connectivity index (χ4n) is 4.01. The van der Waals surface area contributed by atoms with Gasteiger partial charge in [0.15, 0.2) is 16.1 Å². The highest BCUT2D eigenvalue weighted by molar-refractivity contribution is 7.99. The summed E-state index contributed by atoms with van der Waals surface area (Å²) in [5.74, 6) is 1.04. The van der Waals surface area contributed by atoms with E-state index < -0.39 is 0 Å². The predicted molar refractivity (Wildman–Crippen MR) is 137 cm³/mol. The molecule has 1 N–H and O–H groups in total. The largest absolute Gasteiger partial charge is 0.305 e. The Bertz CT molecular complexity index is 1320. The fourth-order valence-corrected chi connectivity index (χ4v) is 6.58. The van der Waals surface area contributed by atoms with Crippen molar-refractivity contribution in [3.8, 4) is 22.6 Å². The number of nitrogens with one attached hydrogen (secondary N) is 1. The number of hydrogen-bond acceptors (Lipinski definition) is 7. The van der Waals surface area contributed by atoms with Gasteiger partial charge in [-0.25, -0.2) is 4.98 Å². The summed E-state index contributed by atoms with van der Waals surface area (Å²) in [7, 11) is 1.97. The van der Waals surface area contributed by atoms with E-state index >= 15 is 0 Å². The molecule has 5 rings (SSSR count). The molecule has 0 fully saturated rings. The third kappa shape index (κ3) is 4.62. The normalized spacial score (nSPS) is 13.2. The van der Waals surface area contributed by atoms with E-state index in [1.54, 1.807) is 0 Å². The average Bonchev–Trinajstić information content (AvgIpc) is 3.53. The number of benzene rings is 1. The second-order valence-corrected chi connectivity index (χ2v) is 11.1. The number of thiophene rings is 1. The lowest BCUT2D eigenvalue weighted by Gasteiger charge is -2.12. The minimum Gasteiger partial charge on any atom is -0.305 e. The van der Waals surface area contributed by atoms with Gasteiger partial charge in [0, 0.05) is 33.8 Å². The summed E-state index contributed by atoms with van der Waals surface area (Å²) in [6, 6.07) is 6.29. The zero-order valence-electron chi connectivity index (χ0n) is 18.8. The molecule has 0 aliphatic heterocycles. The van der Waals surface area contributed by atoms with Crippen molar-refractivity contribution in [2.75, 3.05) is 11.1 Å². The zero-order chi connectivity index (χ0) is 22.9. The SMILES string of the molecule is Cc1ccc(-c2csc(NC(=O)CSc3nnc(-c4csc5c4CCCC5)n3C)n2)cc1C. The molecule has 0 spiro atoms. The summed E-state index contributed by atoms with van der Waals surface area (Å²) in [4.78, 5) is 18.6. The van der Waals surface area contributed by atoms with Crippen LogP contribution in [0.15, 0.2) is 34.1 Å². The number of carbonyl (C=O) groups is 1. The first kappa shape index (κ1) is 22.3. The van der Waals surface area contributed by atoms with E-state index in [1.165, 1.54) is 69.5 Å². The fraction of sp³-hybridized carbons (Fsp3) is 0.333. The van der Waals surface area contributed by atoms with E-state index in [4.69, 9.17) is 0 Å². The second kappa shape index (κ2) is 9.40. The molecule has 0 unspecified atom stereocenters. The Morgan fingerprint density at radius 3 is 2.82 bits per heavy atom. The molecule has 1 aromatic carbocycles. The quantitative estimate of drug-likeness (QED) is 0.338. The van der Waals surface area contributed by atoms with Crippen LogP contribution in [0.1, 0.15) is 34.4 Å². The highest BCUT2D eigenvalue weighted by Gasteiger charge is 2.21. The van der Waals surface area contributed by atoms with Gasteiger partial charge in [0.1, 0.15) is 0 Å². The molecule has 3 heterocycles. The Balaban J connectivity index is 1.22. The van der Waals surface area contributed by atoms with Gasteiger partial charge in [-0.1, -0.05) is 23.9 Å². The lowest BCUT2D eigenvalue weighted by molar-refractivity contribution is -0.113. The van der Waals surface area contributed by atoms with Gasteiger partial charge in [0.05, 0.1) is 11.4 Å². The Morgan fingerprint density at radius 2 is 1.97 bits per heavy atom. The molecule has 1 aliphatic carbocycles. The Labute approximate surface area is 205 Å². The predicted octanol–water partition coefficient (Wildman–Crippen LogP) is 5.89. The molecule has 0 saturated heterocycles. The molecule has 1 aliphatic rings. The first-order valence-corrected chi connectivity index (χ1v) is 13.7. The van der Waals surface area contributed by atoms with E-state index in [2.05, 4.69) is 57.9 Å². The van der Waals surface area contributed by atoms with Gasteiger partial charge >= 0.3 is 0 Å². The second-order valence-electron chi connectivity index (χ2n) is 8.30. The minimum atomic E-state index is -0.0987. The maximum absolute atomic E-state index is 12.5.